The predicted molar refractivity (Wildman–Crippen MR) is 99.4 cm³/mol. The molecule has 2 heterocycles. The molecule has 1 aliphatic rings. The van der Waals surface area contributed by atoms with Crippen molar-refractivity contribution in [1.82, 2.24) is 10.0 Å². The van der Waals surface area contributed by atoms with E-state index in [1.807, 2.05) is 24.0 Å². The molecular formula is C20H26N2OS. The molecule has 3 nitrogen and oxygen atoms in total. The fourth-order valence-corrected chi connectivity index (χ4v) is 4.94. The Morgan fingerprint density at radius 3 is 2.79 bits per heavy atom. The standard InChI is InChI=1S/C20H26N2OS/c1-3-5-12-20(4-2)15-24-18-11-7-6-10-17(18)19(22(20)23)16-9-8-13-21-14-16/h6-11,13-14,19,23H,3-5,12,15H2,1-2H3/t19-,20-/m1/s1. The summed E-state index contributed by atoms with van der Waals surface area (Å²) in [7, 11) is 0. The Bertz CT molecular complexity index is 664. The Morgan fingerprint density at radius 2 is 2.08 bits per heavy atom. The summed E-state index contributed by atoms with van der Waals surface area (Å²) >= 11 is 1.87. The minimum Gasteiger partial charge on any atom is -0.312 e. The third-order valence-corrected chi connectivity index (χ3v) is 6.46. The molecule has 1 aliphatic heterocycles. The lowest BCUT2D eigenvalue weighted by Gasteiger charge is -2.42. The second kappa shape index (κ2) is 7.68. The summed E-state index contributed by atoms with van der Waals surface area (Å²) in [6, 6.07) is 12.3. The van der Waals surface area contributed by atoms with Gasteiger partial charge < -0.3 is 5.21 Å². The van der Waals surface area contributed by atoms with Crippen molar-refractivity contribution >= 4 is 11.8 Å². The number of aromatic nitrogens is 1. The first-order valence-electron chi connectivity index (χ1n) is 8.81. The van der Waals surface area contributed by atoms with Gasteiger partial charge in [-0.2, -0.15) is 5.06 Å². The van der Waals surface area contributed by atoms with E-state index in [-0.39, 0.29) is 11.6 Å². The van der Waals surface area contributed by atoms with E-state index in [0.717, 1.165) is 37.0 Å². The van der Waals surface area contributed by atoms with Crippen molar-refractivity contribution in [1.29, 1.82) is 0 Å². The van der Waals surface area contributed by atoms with Crippen molar-refractivity contribution in [3.05, 3.63) is 59.9 Å². The zero-order chi connectivity index (χ0) is 17.0. The van der Waals surface area contributed by atoms with Gasteiger partial charge in [0.1, 0.15) is 0 Å². The molecule has 0 spiro atoms. The van der Waals surface area contributed by atoms with Crippen molar-refractivity contribution in [2.45, 2.75) is 56.0 Å². The van der Waals surface area contributed by atoms with Crippen molar-refractivity contribution in [2.75, 3.05) is 5.75 Å². The predicted octanol–water partition coefficient (Wildman–Crippen LogP) is 5.31. The van der Waals surface area contributed by atoms with Gasteiger partial charge in [-0.15, -0.1) is 11.8 Å². The summed E-state index contributed by atoms with van der Waals surface area (Å²) in [5.41, 5.74) is 2.01. The van der Waals surface area contributed by atoms with Crippen LogP contribution in [0.2, 0.25) is 0 Å². The van der Waals surface area contributed by atoms with Crippen LogP contribution in [0.5, 0.6) is 0 Å². The highest BCUT2D eigenvalue weighted by Crippen LogP contribution is 2.45. The molecule has 24 heavy (non-hydrogen) atoms. The molecule has 0 bridgehead atoms. The van der Waals surface area contributed by atoms with Crippen molar-refractivity contribution < 1.29 is 5.21 Å². The van der Waals surface area contributed by atoms with E-state index >= 15 is 0 Å². The highest BCUT2D eigenvalue weighted by atomic mass is 32.2. The topological polar surface area (TPSA) is 36.4 Å². The Kier molecular flexibility index (Phi) is 5.59. The molecule has 2 aromatic rings. The van der Waals surface area contributed by atoms with Crippen LogP contribution in [0.4, 0.5) is 0 Å². The number of hydrogen-bond donors (Lipinski definition) is 1. The SMILES string of the molecule is CCCC[C@]1(CC)CSc2ccccc2[C@@H](c2cccnc2)N1O. The fourth-order valence-electron chi connectivity index (χ4n) is 3.51. The van der Waals surface area contributed by atoms with Crippen LogP contribution < -0.4 is 0 Å². The monoisotopic (exact) mass is 342 g/mol. The molecule has 4 heteroatoms. The molecule has 0 fully saturated rings. The lowest BCUT2D eigenvalue weighted by Crippen LogP contribution is -2.49. The van der Waals surface area contributed by atoms with Gasteiger partial charge in [-0.25, -0.2) is 0 Å². The summed E-state index contributed by atoms with van der Waals surface area (Å²) in [6.07, 6.45) is 7.87. The number of thioether (sulfide) groups is 1. The van der Waals surface area contributed by atoms with Crippen LogP contribution in [-0.2, 0) is 0 Å². The summed E-state index contributed by atoms with van der Waals surface area (Å²) in [4.78, 5) is 5.55. The Morgan fingerprint density at radius 1 is 1.25 bits per heavy atom. The van der Waals surface area contributed by atoms with Gasteiger partial charge in [0.2, 0.25) is 0 Å². The molecule has 1 aromatic carbocycles. The van der Waals surface area contributed by atoms with Crippen LogP contribution in [0.3, 0.4) is 0 Å². The number of hydrogen-bond acceptors (Lipinski definition) is 4. The van der Waals surface area contributed by atoms with Gasteiger partial charge in [0.25, 0.3) is 0 Å². The van der Waals surface area contributed by atoms with Crippen molar-refractivity contribution in [3.63, 3.8) is 0 Å². The number of pyridine rings is 1. The fraction of sp³-hybridized carbons (Fsp3) is 0.450. The first-order valence-corrected chi connectivity index (χ1v) is 9.80. The molecule has 1 N–H and O–H groups in total. The summed E-state index contributed by atoms with van der Waals surface area (Å²) in [6.45, 7) is 4.40. The minimum absolute atomic E-state index is 0.165. The molecule has 1 aromatic heterocycles. The number of hydroxylamine groups is 2. The number of fused-ring (bicyclic) bond motifs is 1. The number of unbranched alkanes of at least 4 members (excludes halogenated alkanes) is 1. The molecule has 0 aliphatic carbocycles. The van der Waals surface area contributed by atoms with E-state index in [9.17, 15) is 5.21 Å². The van der Waals surface area contributed by atoms with Crippen LogP contribution in [0.1, 0.15) is 56.7 Å². The average Bonchev–Trinajstić information content (AvgIpc) is 2.76. The minimum atomic E-state index is -0.208. The normalized spacial score (nSPS) is 24.4. The molecule has 2 atom stereocenters. The second-order valence-corrected chi connectivity index (χ2v) is 7.56. The largest absolute Gasteiger partial charge is 0.312 e. The zero-order valence-corrected chi connectivity index (χ0v) is 15.3. The second-order valence-electron chi connectivity index (χ2n) is 6.54. The highest BCUT2D eigenvalue weighted by Gasteiger charge is 2.42. The smallest absolute Gasteiger partial charge is 0.0882 e. The quantitative estimate of drug-likeness (QED) is 0.799. The van der Waals surface area contributed by atoms with Crippen LogP contribution in [0.25, 0.3) is 0 Å². The molecule has 0 unspecified atom stereocenters. The summed E-state index contributed by atoms with van der Waals surface area (Å²) in [5.74, 6) is 0.910. The Balaban J connectivity index is 2.09. The van der Waals surface area contributed by atoms with Crippen molar-refractivity contribution in [2.24, 2.45) is 0 Å². The molecule has 0 saturated carbocycles. The van der Waals surface area contributed by atoms with E-state index in [4.69, 9.17) is 0 Å². The van der Waals surface area contributed by atoms with Crippen LogP contribution in [-0.4, -0.2) is 26.5 Å². The average molecular weight is 343 g/mol. The molecule has 128 valence electrons. The van der Waals surface area contributed by atoms with E-state index in [1.54, 1.807) is 11.3 Å². The lowest BCUT2D eigenvalue weighted by molar-refractivity contribution is -0.193. The van der Waals surface area contributed by atoms with Gasteiger partial charge in [-0.1, -0.05) is 51.0 Å². The van der Waals surface area contributed by atoms with Crippen LogP contribution >= 0.6 is 11.8 Å². The summed E-state index contributed by atoms with van der Waals surface area (Å²) < 4.78 is 0. The Labute approximate surface area is 149 Å². The third kappa shape index (κ3) is 3.23. The van der Waals surface area contributed by atoms with Gasteiger partial charge in [0.05, 0.1) is 11.6 Å². The maximum absolute atomic E-state index is 11.4. The van der Waals surface area contributed by atoms with Crippen LogP contribution in [0, 0.1) is 0 Å². The van der Waals surface area contributed by atoms with E-state index in [1.165, 1.54) is 10.5 Å². The molecule has 0 saturated heterocycles. The maximum atomic E-state index is 11.4. The lowest BCUT2D eigenvalue weighted by atomic mass is 9.87. The molecule has 0 amide bonds. The number of nitrogens with zero attached hydrogens (tertiary/aromatic N) is 2. The molecule has 0 radical (unpaired) electrons. The first kappa shape index (κ1) is 17.5. The van der Waals surface area contributed by atoms with Gasteiger partial charge in [0.15, 0.2) is 0 Å². The van der Waals surface area contributed by atoms with Gasteiger partial charge in [-0.05, 0) is 36.1 Å². The Hall–Kier alpha value is -1.36. The van der Waals surface area contributed by atoms with Gasteiger partial charge in [0, 0.05) is 23.0 Å². The zero-order valence-electron chi connectivity index (χ0n) is 14.5. The van der Waals surface area contributed by atoms with E-state index in [2.05, 4.69) is 49.2 Å². The first-order chi connectivity index (χ1) is 11.7. The summed E-state index contributed by atoms with van der Waals surface area (Å²) in [5, 5.41) is 13.0. The van der Waals surface area contributed by atoms with Gasteiger partial charge in [-0.3, -0.25) is 4.98 Å². The van der Waals surface area contributed by atoms with E-state index < -0.39 is 0 Å². The molecular weight excluding hydrogens is 316 g/mol. The van der Waals surface area contributed by atoms with Crippen molar-refractivity contribution in [3.8, 4) is 0 Å². The number of rotatable bonds is 5. The third-order valence-electron chi connectivity index (χ3n) is 5.09. The van der Waals surface area contributed by atoms with Crippen LogP contribution in [0.15, 0.2) is 53.7 Å². The van der Waals surface area contributed by atoms with E-state index in [0.29, 0.717) is 0 Å². The highest BCUT2D eigenvalue weighted by molar-refractivity contribution is 7.99. The molecule has 3 rings (SSSR count). The van der Waals surface area contributed by atoms with Gasteiger partial charge >= 0.3 is 0 Å². The maximum Gasteiger partial charge on any atom is 0.0882 e. The number of benzene rings is 1.